The summed E-state index contributed by atoms with van der Waals surface area (Å²) >= 11 is 5.55. The van der Waals surface area contributed by atoms with E-state index >= 15 is 0 Å². The molecule has 1 saturated carbocycles. The van der Waals surface area contributed by atoms with Crippen molar-refractivity contribution in [1.29, 1.82) is 0 Å². The first-order chi connectivity index (χ1) is 15.1. The van der Waals surface area contributed by atoms with Crippen LogP contribution in [0.5, 0.6) is 0 Å². The summed E-state index contributed by atoms with van der Waals surface area (Å²) in [7, 11) is 2.94. The zero-order chi connectivity index (χ0) is 22.2. The van der Waals surface area contributed by atoms with Crippen molar-refractivity contribution in [2.45, 2.75) is 83.6 Å². The first kappa shape index (κ1) is 23.7. The number of fused-ring (bicyclic) bond motifs is 1. The molecule has 2 aliphatic carbocycles. The fourth-order valence-corrected chi connectivity index (χ4v) is 5.24. The van der Waals surface area contributed by atoms with Crippen LogP contribution in [0.15, 0.2) is 12.2 Å². The predicted octanol–water partition coefficient (Wildman–Crippen LogP) is 5.35. The number of carbonyl (C=O) groups is 2. The highest BCUT2D eigenvalue weighted by Gasteiger charge is 2.31. The molecule has 1 aromatic rings. The maximum absolute atomic E-state index is 13.5. The molecule has 0 aliphatic heterocycles. The summed E-state index contributed by atoms with van der Waals surface area (Å²) in [5, 5.41) is 0.332. The Morgan fingerprint density at radius 3 is 2.00 bits per heavy atom. The Kier molecular flexibility index (Phi) is 8.88. The fourth-order valence-electron chi connectivity index (χ4n) is 5.01. The third-order valence-electron chi connectivity index (χ3n) is 6.65. The first-order valence-electron chi connectivity index (χ1n) is 11.7. The lowest BCUT2D eigenvalue weighted by molar-refractivity contribution is -0.124. The second kappa shape index (κ2) is 11.6. The maximum atomic E-state index is 13.5. The highest BCUT2D eigenvalue weighted by atomic mass is 32.1. The third-order valence-corrected chi connectivity index (χ3v) is 7.01. The van der Waals surface area contributed by atoms with Gasteiger partial charge in [-0.3, -0.25) is 4.79 Å². The number of ketones is 1. The van der Waals surface area contributed by atoms with Crippen molar-refractivity contribution >= 4 is 29.0 Å². The molecule has 0 spiro atoms. The Bertz CT molecular complexity index is 782. The lowest BCUT2D eigenvalue weighted by atomic mass is 9.92. The third kappa shape index (κ3) is 5.65. The van der Waals surface area contributed by atoms with Gasteiger partial charge in [-0.2, -0.15) is 0 Å². The van der Waals surface area contributed by atoms with Crippen molar-refractivity contribution in [2.75, 3.05) is 14.2 Å². The van der Waals surface area contributed by atoms with E-state index in [0.717, 1.165) is 62.5 Å². The molecule has 0 amide bonds. The summed E-state index contributed by atoms with van der Waals surface area (Å²) in [6, 6.07) is 0. The van der Waals surface area contributed by atoms with E-state index < -0.39 is 5.97 Å². The Morgan fingerprint density at radius 2 is 1.45 bits per heavy atom. The zero-order valence-electron chi connectivity index (χ0n) is 18.9. The number of hydrogen-bond donors (Lipinski definition) is 0. The molecule has 1 fully saturated rings. The number of ether oxygens (including phenoxy) is 2. The van der Waals surface area contributed by atoms with Crippen LogP contribution >= 0.6 is 12.2 Å². The summed E-state index contributed by atoms with van der Waals surface area (Å²) in [5.41, 5.74) is 3.16. The van der Waals surface area contributed by atoms with Gasteiger partial charge in [-0.25, -0.2) is 4.79 Å². The largest absolute Gasteiger partial charge is 0.485 e. The minimum absolute atomic E-state index is 0.0409. The number of hydrogen-bond acceptors (Lipinski definition) is 5. The van der Waals surface area contributed by atoms with Crippen LogP contribution in [0.1, 0.15) is 91.5 Å². The van der Waals surface area contributed by atoms with E-state index in [2.05, 4.69) is 12.2 Å². The van der Waals surface area contributed by atoms with Gasteiger partial charge in [0.05, 0.1) is 26.5 Å². The van der Waals surface area contributed by atoms with Crippen LogP contribution in [-0.4, -0.2) is 35.6 Å². The lowest BCUT2D eigenvalue weighted by Gasteiger charge is -2.18. The normalized spacial score (nSPS) is 19.0. The van der Waals surface area contributed by atoms with Gasteiger partial charge in [0, 0.05) is 5.92 Å². The molecule has 0 radical (unpaired) electrons. The van der Waals surface area contributed by atoms with E-state index in [1.54, 1.807) is 7.11 Å². The van der Waals surface area contributed by atoms with E-state index in [9.17, 15) is 9.59 Å². The van der Waals surface area contributed by atoms with Gasteiger partial charge < -0.3 is 14.0 Å². The van der Waals surface area contributed by atoms with E-state index in [-0.39, 0.29) is 18.2 Å². The standard InChI is InChI=1S/C25H35NO4S/c1-29-24(28)22-19-15-11-7-8-12-16-20(19)23(25(31)30-2)26(22)17-21(27)18-13-9-5-3-4-6-10-14-18/h7-8,18H,3-6,9-17H2,1-2H3/b8-7+. The number of carbonyl (C=O) groups excluding carboxylic acids is 2. The summed E-state index contributed by atoms with van der Waals surface area (Å²) in [6.07, 6.45) is 16.5. The molecule has 170 valence electrons. The van der Waals surface area contributed by atoms with Gasteiger partial charge in [0.25, 0.3) is 0 Å². The van der Waals surface area contributed by atoms with Gasteiger partial charge in [-0.05, 0) is 61.9 Å². The summed E-state index contributed by atoms with van der Waals surface area (Å²) in [5.74, 6) is -0.180. The van der Waals surface area contributed by atoms with Gasteiger partial charge in [-0.1, -0.05) is 50.7 Å². The second-order valence-electron chi connectivity index (χ2n) is 8.63. The van der Waals surface area contributed by atoms with Crippen LogP contribution in [0, 0.1) is 5.92 Å². The van der Waals surface area contributed by atoms with Crippen molar-refractivity contribution in [1.82, 2.24) is 4.57 Å². The average molecular weight is 446 g/mol. The SMILES string of the molecule is COC(=O)c1c2c(c(C(=S)OC)n1CC(=O)C1CCCCCCCC1)CC/C=C/CC2. The lowest BCUT2D eigenvalue weighted by Crippen LogP contribution is -2.26. The number of allylic oxidation sites excluding steroid dienone is 2. The number of rotatable bonds is 5. The molecular formula is C25H35NO4S. The Balaban J connectivity index is 2.02. The quantitative estimate of drug-likeness (QED) is 0.347. The number of aromatic nitrogens is 1. The second-order valence-corrected chi connectivity index (χ2v) is 9.01. The molecule has 3 rings (SSSR count). The van der Waals surface area contributed by atoms with Crippen LogP contribution < -0.4 is 0 Å². The van der Waals surface area contributed by atoms with Crippen molar-refractivity contribution in [3.05, 3.63) is 34.7 Å². The fraction of sp³-hybridized carbons (Fsp3) is 0.640. The van der Waals surface area contributed by atoms with Crippen LogP contribution in [0.4, 0.5) is 0 Å². The van der Waals surface area contributed by atoms with E-state index in [4.69, 9.17) is 21.7 Å². The summed E-state index contributed by atoms with van der Waals surface area (Å²) in [4.78, 5) is 26.3. The first-order valence-corrected chi connectivity index (χ1v) is 12.1. The molecule has 31 heavy (non-hydrogen) atoms. The molecule has 1 heterocycles. The molecule has 1 aromatic heterocycles. The van der Waals surface area contributed by atoms with Crippen LogP contribution in [0.3, 0.4) is 0 Å². The Labute approximate surface area is 191 Å². The minimum Gasteiger partial charge on any atom is -0.485 e. The van der Waals surface area contributed by atoms with Gasteiger partial charge in [0.15, 0.2) is 5.78 Å². The van der Waals surface area contributed by atoms with Crippen molar-refractivity contribution < 1.29 is 19.1 Å². The molecule has 6 heteroatoms. The summed E-state index contributed by atoms with van der Waals surface area (Å²) < 4.78 is 12.4. The molecule has 0 bridgehead atoms. The number of thiocarbonyl (C=S) groups is 1. The molecule has 0 aromatic carbocycles. The van der Waals surface area contributed by atoms with E-state index in [0.29, 0.717) is 16.4 Å². The van der Waals surface area contributed by atoms with E-state index in [1.807, 2.05) is 4.57 Å². The van der Waals surface area contributed by atoms with Gasteiger partial charge in [0.1, 0.15) is 5.69 Å². The molecule has 2 aliphatic rings. The Hall–Kier alpha value is -1.95. The van der Waals surface area contributed by atoms with Crippen LogP contribution in [-0.2, 0) is 33.7 Å². The van der Waals surface area contributed by atoms with Crippen molar-refractivity contribution in [2.24, 2.45) is 5.92 Å². The number of nitrogens with zero attached hydrogens (tertiary/aromatic N) is 1. The van der Waals surface area contributed by atoms with Gasteiger partial charge >= 0.3 is 5.97 Å². The van der Waals surface area contributed by atoms with E-state index in [1.165, 1.54) is 32.8 Å². The highest BCUT2D eigenvalue weighted by molar-refractivity contribution is 7.80. The molecule has 0 unspecified atom stereocenters. The average Bonchev–Trinajstić information content (AvgIpc) is 3.11. The Morgan fingerprint density at radius 1 is 0.903 bits per heavy atom. The topological polar surface area (TPSA) is 57.5 Å². The van der Waals surface area contributed by atoms with Gasteiger partial charge in [0.2, 0.25) is 5.05 Å². The van der Waals surface area contributed by atoms with Crippen LogP contribution in [0.2, 0.25) is 0 Å². The van der Waals surface area contributed by atoms with Crippen molar-refractivity contribution in [3.63, 3.8) is 0 Å². The molecule has 0 saturated heterocycles. The van der Waals surface area contributed by atoms with Crippen LogP contribution in [0.25, 0.3) is 0 Å². The molecular weight excluding hydrogens is 410 g/mol. The molecule has 0 N–H and O–H groups in total. The highest BCUT2D eigenvalue weighted by Crippen LogP contribution is 2.31. The van der Waals surface area contributed by atoms with Crippen molar-refractivity contribution in [3.8, 4) is 0 Å². The number of esters is 1. The molecule has 0 atom stereocenters. The predicted molar refractivity (Wildman–Crippen MR) is 126 cm³/mol. The minimum atomic E-state index is -0.409. The van der Waals surface area contributed by atoms with Gasteiger partial charge in [-0.15, -0.1) is 0 Å². The number of Topliss-reactive ketones (excluding diaryl/α,β-unsaturated/α-hetero) is 1. The monoisotopic (exact) mass is 445 g/mol. The summed E-state index contributed by atoms with van der Waals surface area (Å²) in [6.45, 7) is 0.147. The zero-order valence-corrected chi connectivity index (χ0v) is 19.7. The molecule has 5 nitrogen and oxygen atoms in total. The number of methoxy groups -OCH3 is 2. The smallest absolute Gasteiger partial charge is 0.354 e. The maximum Gasteiger partial charge on any atom is 0.354 e.